The summed E-state index contributed by atoms with van der Waals surface area (Å²) >= 11 is 12.4. The summed E-state index contributed by atoms with van der Waals surface area (Å²) < 4.78 is 15.5. The van der Waals surface area contributed by atoms with E-state index in [4.69, 9.17) is 37.4 Å². The molecule has 0 saturated heterocycles. The third-order valence-corrected chi connectivity index (χ3v) is 4.30. The lowest BCUT2D eigenvalue weighted by molar-refractivity contribution is -0.145. The van der Waals surface area contributed by atoms with E-state index in [1.807, 2.05) is 13.0 Å². The molecule has 2 rings (SSSR count). The summed E-state index contributed by atoms with van der Waals surface area (Å²) in [6.07, 6.45) is 1.34. The third-order valence-electron chi connectivity index (χ3n) is 3.74. The minimum atomic E-state index is -0.606. The van der Waals surface area contributed by atoms with Crippen LogP contribution in [0.25, 0.3) is 6.08 Å². The summed E-state index contributed by atoms with van der Waals surface area (Å²) in [4.78, 5) is 23.9. The van der Waals surface area contributed by atoms with Crippen LogP contribution in [-0.4, -0.2) is 31.7 Å². The molecule has 1 amide bonds. The van der Waals surface area contributed by atoms with Crippen LogP contribution in [0, 0.1) is 11.3 Å². The highest BCUT2D eigenvalue weighted by molar-refractivity contribution is 6.37. The van der Waals surface area contributed by atoms with Crippen LogP contribution < -0.4 is 14.8 Å². The van der Waals surface area contributed by atoms with E-state index < -0.39 is 11.9 Å². The summed E-state index contributed by atoms with van der Waals surface area (Å²) in [6.45, 7) is 3.89. The van der Waals surface area contributed by atoms with Gasteiger partial charge in [-0.2, -0.15) is 5.26 Å². The fourth-order valence-corrected chi connectivity index (χ4v) is 3.09. The van der Waals surface area contributed by atoms with Crippen LogP contribution in [0.5, 0.6) is 11.5 Å². The Labute approximate surface area is 190 Å². The standard InChI is InChI=1S/C22H20Cl2N2O5/c1-3-29-17-7-5-6-16(11-17)26-22(28)15(12-25)8-14-9-18(23)21(19(24)10-14)31-13-20(27)30-4-2/h5-11H,3-4,13H2,1-2H3,(H,26,28)/b15-8-. The number of halogens is 2. The molecule has 2 aromatic carbocycles. The zero-order valence-electron chi connectivity index (χ0n) is 16.9. The van der Waals surface area contributed by atoms with Crippen molar-refractivity contribution in [1.82, 2.24) is 0 Å². The second-order valence-corrected chi connectivity index (χ2v) is 6.81. The molecule has 0 aliphatic heterocycles. The molecule has 0 aliphatic carbocycles. The maximum absolute atomic E-state index is 12.5. The molecule has 0 spiro atoms. The lowest BCUT2D eigenvalue weighted by Gasteiger charge is -2.11. The first-order valence-corrected chi connectivity index (χ1v) is 10.1. The zero-order valence-corrected chi connectivity index (χ0v) is 18.4. The zero-order chi connectivity index (χ0) is 22.8. The van der Waals surface area contributed by atoms with E-state index in [9.17, 15) is 14.9 Å². The van der Waals surface area contributed by atoms with Gasteiger partial charge >= 0.3 is 5.97 Å². The number of rotatable bonds is 9. The molecular weight excluding hydrogens is 443 g/mol. The van der Waals surface area contributed by atoms with E-state index in [2.05, 4.69) is 5.32 Å². The van der Waals surface area contributed by atoms with Gasteiger partial charge in [-0.1, -0.05) is 29.3 Å². The summed E-state index contributed by atoms with van der Waals surface area (Å²) in [5.74, 6) is -0.467. The van der Waals surface area contributed by atoms with E-state index in [1.54, 1.807) is 31.2 Å². The highest BCUT2D eigenvalue weighted by Gasteiger charge is 2.14. The van der Waals surface area contributed by atoms with Crippen molar-refractivity contribution in [2.24, 2.45) is 0 Å². The van der Waals surface area contributed by atoms with Crippen LogP contribution in [0.3, 0.4) is 0 Å². The molecule has 0 heterocycles. The highest BCUT2D eigenvalue weighted by atomic mass is 35.5. The normalized spacial score (nSPS) is 10.7. The molecule has 0 bridgehead atoms. The predicted octanol–water partition coefficient (Wildman–Crippen LogP) is 4.88. The van der Waals surface area contributed by atoms with Gasteiger partial charge in [0.1, 0.15) is 17.4 Å². The van der Waals surface area contributed by atoms with Gasteiger partial charge in [0.25, 0.3) is 5.91 Å². The van der Waals surface area contributed by atoms with Gasteiger partial charge in [-0.25, -0.2) is 4.79 Å². The van der Waals surface area contributed by atoms with Crippen molar-refractivity contribution >= 4 is 46.8 Å². The van der Waals surface area contributed by atoms with E-state index in [0.29, 0.717) is 23.6 Å². The lowest BCUT2D eigenvalue weighted by Crippen LogP contribution is -2.15. The number of hydrogen-bond acceptors (Lipinski definition) is 6. The van der Waals surface area contributed by atoms with Crippen molar-refractivity contribution in [2.45, 2.75) is 13.8 Å². The number of anilines is 1. The van der Waals surface area contributed by atoms with Gasteiger partial charge in [-0.15, -0.1) is 0 Å². The fourth-order valence-electron chi connectivity index (χ4n) is 2.48. The molecule has 0 atom stereocenters. The van der Waals surface area contributed by atoms with Crippen molar-refractivity contribution in [3.8, 4) is 17.6 Å². The van der Waals surface area contributed by atoms with Gasteiger partial charge in [0, 0.05) is 11.8 Å². The quantitative estimate of drug-likeness (QED) is 0.324. The number of nitrogens with zero attached hydrogens (tertiary/aromatic N) is 1. The van der Waals surface area contributed by atoms with Gasteiger partial charge in [0.2, 0.25) is 0 Å². The van der Waals surface area contributed by atoms with Crippen molar-refractivity contribution in [2.75, 3.05) is 25.1 Å². The lowest BCUT2D eigenvalue weighted by atomic mass is 10.1. The Morgan fingerprint density at radius 3 is 2.42 bits per heavy atom. The molecule has 0 aromatic heterocycles. The number of carbonyl (C=O) groups excluding carboxylic acids is 2. The largest absolute Gasteiger partial charge is 0.494 e. The van der Waals surface area contributed by atoms with Crippen LogP contribution >= 0.6 is 23.2 Å². The second-order valence-electron chi connectivity index (χ2n) is 5.99. The summed E-state index contributed by atoms with van der Waals surface area (Å²) in [5, 5.41) is 12.3. The number of benzene rings is 2. The second kappa shape index (κ2) is 11.8. The van der Waals surface area contributed by atoms with Crippen molar-refractivity contribution in [1.29, 1.82) is 5.26 Å². The van der Waals surface area contributed by atoms with E-state index in [-0.39, 0.29) is 34.6 Å². The van der Waals surface area contributed by atoms with E-state index in [1.165, 1.54) is 18.2 Å². The van der Waals surface area contributed by atoms with Crippen molar-refractivity contribution in [3.05, 3.63) is 57.6 Å². The third kappa shape index (κ3) is 7.21. The van der Waals surface area contributed by atoms with E-state index in [0.717, 1.165) is 0 Å². The first-order valence-electron chi connectivity index (χ1n) is 9.31. The average molecular weight is 463 g/mol. The summed E-state index contributed by atoms with van der Waals surface area (Å²) in [7, 11) is 0. The van der Waals surface area contributed by atoms with E-state index >= 15 is 0 Å². The van der Waals surface area contributed by atoms with Gasteiger partial charge in [-0.05, 0) is 49.8 Å². The average Bonchev–Trinajstić information content (AvgIpc) is 2.72. The first kappa shape index (κ1) is 24.1. The molecule has 0 saturated carbocycles. The van der Waals surface area contributed by atoms with Crippen molar-refractivity contribution < 1.29 is 23.8 Å². The number of esters is 1. The molecule has 9 heteroatoms. The van der Waals surface area contributed by atoms with Crippen molar-refractivity contribution in [3.63, 3.8) is 0 Å². The summed E-state index contributed by atoms with van der Waals surface area (Å²) in [6, 6.07) is 11.6. The number of hydrogen-bond donors (Lipinski definition) is 1. The number of carbonyl (C=O) groups is 2. The minimum Gasteiger partial charge on any atom is -0.494 e. The molecule has 0 fully saturated rings. The monoisotopic (exact) mass is 462 g/mol. The van der Waals surface area contributed by atoms with Crippen LogP contribution in [0.4, 0.5) is 5.69 Å². The topological polar surface area (TPSA) is 97.7 Å². The Morgan fingerprint density at radius 1 is 1.10 bits per heavy atom. The minimum absolute atomic E-state index is 0.101. The SMILES string of the molecule is CCOC(=O)COc1c(Cl)cc(/C=C(/C#N)C(=O)Nc2cccc(OCC)c2)cc1Cl. The van der Waals surface area contributed by atoms with Gasteiger partial charge in [0.15, 0.2) is 12.4 Å². The fraction of sp³-hybridized carbons (Fsp3) is 0.227. The molecule has 31 heavy (non-hydrogen) atoms. The number of ether oxygens (including phenoxy) is 3. The molecule has 7 nitrogen and oxygen atoms in total. The van der Waals surface area contributed by atoms with Gasteiger partial charge in [0.05, 0.1) is 23.3 Å². The molecule has 2 aromatic rings. The van der Waals surface area contributed by atoms with Gasteiger partial charge < -0.3 is 19.5 Å². The molecule has 0 radical (unpaired) electrons. The number of nitrogens with one attached hydrogen (secondary N) is 1. The molecule has 1 N–H and O–H groups in total. The smallest absolute Gasteiger partial charge is 0.344 e. The number of amides is 1. The van der Waals surface area contributed by atoms with Gasteiger partial charge in [-0.3, -0.25) is 4.79 Å². The Hall–Kier alpha value is -3.21. The summed E-state index contributed by atoms with van der Waals surface area (Å²) in [5.41, 5.74) is 0.735. The van der Waals surface area contributed by atoms with Crippen LogP contribution in [0.15, 0.2) is 42.0 Å². The maximum Gasteiger partial charge on any atom is 0.344 e. The Morgan fingerprint density at radius 2 is 1.81 bits per heavy atom. The Kier molecular flexibility index (Phi) is 9.19. The Balaban J connectivity index is 2.18. The van der Waals surface area contributed by atoms with Crippen LogP contribution in [-0.2, 0) is 14.3 Å². The highest BCUT2D eigenvalue weighted by Crippen LogP contribution is 2.35. The maximum atomic E-state index is 12.5. The molecule has 0 unspecified atom stereocenters. The number of nitriles is 1. The predicted molar refractivity (Wildman–Crippen MR) is 118 cm³/mol. The molecule has 0 aliphatic rings. The van der Waals surface area contributed by atoms with Crippen LogP contribution in [0.1, 0.15) is 19.4 Å². The Bertz CT molecular complexity index is 1010. The first-order chi connectivity index (χ1) is 14.9. The van der Waals surface area contributed by atoms with Crippen LogP contribution in [0.2, 0.25) is 10.0 Å². The molecule has 162 valence electrons. The molecular formula is C22H20Cl2N2O5.